The van der Waals surface area contributed by atoms with Crippen LogP contribution in [0.15, 0.2) is 47.4 Å². The van der Waals surface area contributed by atoms with Crippen molar-refractivity contribution in [3.63, 3.8) is 0 Å². The van der Waals surface area contributed by atoms with Gasteiger partial charge in [0.05, 0.1) is 17.7 Å². The molecule has 156 valence electrons. The quantitative estimate of drug-likeness (QED) is 0.734. The molecule has 0 saturated heterocycles. The monoisotopic (exact) mass is 430 g/mol. The molecular formula is C18H17F3N2O5S. The molecule has 0 heterocycles. The van der Waals surface area contributed by atoms with Crippen LogP contribution in [0.2, 0.25) is 0 Å². The first-order valence-corrected chi connectivity index (χ1v) is 9.58. The molecule has 0 aliphatic rings. The van der Waals surface area contributed by atoms with Crippen LogP contribution in [0.4, 0.5) is 18.9 Å². The number of carbonyl (C=O) groups is 2. The number of nitrogens with one attached hydrogen (secondary N) is 2. The third-order valence-corrected chi connectivity index (χ3v) is 5.28. The van der Waals surface area contributed by atoms with E-state index in [1.165, 1.54) is 26.2 Å². The highest BCUT2D eigenvalue weighted by Crippen LogP contribution is 2.34. The highest BCUT2D eigenvalue weighted by Gasteiger charge is 2.47. The maximum Gasteiger partial charge on any atom is 0.501 e. The van der Waals surface area contributed by atoms with Crippen LogP contribution in [0.25, 0.3) is 0 Å². The smallest absolute Gasteiger partial charge is 0.495 e. The van der Waals surface area contributed by atoms with Crippen molar-refractivity contribution in [1.82, 2.24) is 5.32 Å². The third-order valence-electron chi connectivity index (χ3n) is 3.79. The molecular weight excluding hydrogens is 413 g/mol. The van der Waals surface area contributed by atoms with Crippen molar-refractivity contribution in [2.75, 3.05) is 12.4 Å². The second-order valence-corrected chi connectivity index (χ2v) is 7.81. The Hall–Kier alpha value is -3.08. The van der Waals surface area contributed by atoms with Crippen LogP contribution < -0.4 is 15.4 Å². The van der Waals surface area contributed by atoms with Gasteiger partial charge >= 0.3 is 5.51 Å². The number of alkyl halides is 3. The summed E-state index contributed by atoms with van der Waals surface area (Å²) in [6.07, 6.45) is 0. The number of rotatable bonds is 6. The van der Waals surface area contributed by atoms with E-state index in [9.17, 15) is 31.2 Å². The van der Waals surface area contributed by atoms with Crippen molar-refractivity contribution in [2.45, 2.75) is 23.9 Å². The number of anilines is 1. The van der Waals surface area contributed by atoms with Crippen LogP contribution in [0.1, 0.15) is 22.8 Å². The summed E-state index contributed by atoms with van der Waals surface area (Å²) >= 11 is 0. The normalized spacial score (nSPS) is 11.6. The van der Waals surface area contributed by atoms with Gasteiger partial charge in [-0.2, -0.15) is 13.2 Å². The highest BCUT2D eigenvalue weighted by molar-refractivity contribution is 7.92. The predicted octanol–water partition coefficient (Wildman–Crippen LogP) is 2.88. The number of halogens is 3. The average Bonchev–Trinajstić information content (AvgIpc) is 2.65. The maximum absolute atomic E-state index is 12.8. The van der Waals surface area contributed by atoms with Crippen LogP contribution in [0, 0.1) is 0 Å². The fourth-order valence-electron chi connectivity index (χ4n) is 2.28. The van der Waals surface area contributed by atoms with Crippen LogP contribution in [0.5, 0.6) is 5.75 Å². The number of ether oxygens (including phenoxy) is 1. The van der Waals surface area contributed by atoms with Crippen LogP contribution in [0.3, 0.4) is 0 Å². The maximum atomic E-state index is 12.8. The fraction of sp³-hybridized carbons (Fsp3) is 0.222. The molecule has 0 aliphatic carbocycles. The standard InChI is InChI=1S/C18H17F3N2O5S/c1-11(24)22-10-12-3-5-13(6-4-12)17(25)23-15-9-14(7-8-16(15)28-2)29(26,27)18(19,20)21/h3-9H,10H2,1-2H3,(H,22,24)(H,23,25). The van der Waals surface area contributed by atoms with Gasteiger partial charge in [0, 0.05) is 19.0 Å². The van der Waals surface area contributed by atoms with Crippen LogP contribution in [-0.2, 0) is 21.2 Å². The lowest BCUT2D eigenvalue weighted by atomic mass is 10.1. The van der Waals surface area contributed by atoms with Crippen molar-refractivity contribution >= 4 is 27.3 Å². The molecule has 0 aliphatic heterocycles. The van der Waals surface area contributed by atoms with Crippen molar-refractivity contribution in [3.05, 3.63) is 53.6 Å². The molecule has 0 spiro atoms. The SMILES string of the molecule is COc1ccc(S(=O)(=O)C(F)(F)F)cc1NC(=O)c1ccc(CNC(C)=O)cc1. The van der Waals surface area contributed by atoms with Gasteiger partial charge in [-0.3, -0.25) is 9.59 Å². The molecule has 0 unspecified atom stereocenters. The minimum absolute atomic E-state index is 0.0123. The minimum Gasteiger partial charge on any atom is -0.495 e. The Bertz CT molecular complexity index is 1020. The Morgan fingerprint density at radius 1 is 1.07 bits per heavy atom. The first-order chi connectivity index (χ1) is 13.5. The second-order valence-electron chi connectivity index (χ2n) is 5.87. The van der Waals surface area contributed by atoms with Gasteiger partial charge in [0.25, 0.3) is 15.7 Å². The van der Waals surface area contributed by atoms with Crippen molar-refractivity contribution in [3.8, 4) is 5.75 Å². The summed E-state index contributed by atoms with van der Waals surface area (Å²) in [5.41, 5.74) is -4.81. The van der Waals surface area contributed by atoms with Gasteiger partial charge in [-0.05, 0) is 35.9 Å². The van der Waals surface area contributed by atoms with E-state index < -0.39 is 26.1 Å². The van der Waals surface area contributed by atoms with Crippen molar-refractivity contribution < 1.29 is 35.9 Å². The summed E-state index contributed by atoms with van der Waals surface area (Å²) in [7, 11) is -4.36. The Morgan fingerprint density at radius 2 is 1.69 bits per heavy atom. The Morgan fingerprint density at radius 3 is 2.21 bits per heavy atom. The molecule has 11 heteroatoms. The molecule has 0 fully saturated rings. The summed E-state index contributed by atoms with van der Waals surface area (Å²) in [6.45, 7) is 1.63. The van der Waals surface area contributed by atoms with Gasteiger partial charge in [0.15, 0.2) is 0 Å². The van der Waals surface area contributed by atoms with Gasteiger partial charge in [-0.15, -0.1) is 0 Å². The van der Waals surface area contributed by atoms with Gasteiger partial charge in [0.1, 0.15) is 5.75 Å². The van der Waals surface area contributed by atoms with E-state index >= 15 is 0 Å². The second kappa shape index (κ2) is 8.52. The zero-order valence-electron chi connectivity index (χ0n) is 15.3. The van der Waals surface area contributed by atoms with E-state index in [4.69, 9.17) is 4.74 Å². The van der Waals surface area contributed by atoms with Gasteiger partial charge in [0.2, 0.25) is 5.91 Å². The molecule has 0 radical (unpaired) electrons. The molecule has 29 heavy (non-hydrogen) atoms. The number of hydrogen-bond acceptors (Lipinski definition) is 5. The topological polar surface area (TPSA) is 102 Å². The van der Waals surface area contributed by atoms with Crippen molar-refractivity contribution in [1.29, 1.82) is 0 Å². The van der Waals surface area contributed by atoms with Gasteiger partial charge < -0.3 is 15.4 Å². The zero-order valence-corrected chi connectivity index (χ0v) is 16.1. The van der Waals surface area contributed by atoms with E-state index in [1.807, 2.05) is 0 Å². The molecule has 2 N–H and O–H groups in total. The summed E-state index contributed by atoms with van der Waals surface area (Å²) in [4.78, 5) is 22.3. The lowest BCUT2D eigenvalue weighted by molar-refractivity contribution is -0.119. The Labute approximate surface area is 164 Å². The van der Waals surface area contributed by atoms with E-state index in [-0.39, 0.29) is 29.5 Å². The van der Waals surface area contributed by atoms with Crippen LogP contribution >= 0.6 is 0 Å². The molecule has 7 nitrogen and oxygen atoms in total. The first kappa shape index (κ1) is 22.2. The number of carbonyl (C=O) groups excluding carboxylic acids is 2. The Kier molecular flexibility index (Phi) is 6.52. The average molecular weight is 430 g/mol. The summed E-state index contributed by atoms with van der Waals surface area (Å²) < 4.78 is 66.5. The zero-order chi connectivity index (χ0) is 21.8. The van der Waals surface area contributed by atoms with Crippen molar-refractivity contribution in [2.24, 2.45) is 0 Å². The van der Waals surface area contributed by atoms with E-state index in [1.54, 1.807) is 12.1 Å². The van der Waals surface area contributed by atoms with Gasteiger partial charge in [-0.1, -0.05) is 12.1 Å². The van der Waals surface area contributed by atoms with E-state index in [2.05, 4.69) is 10.6 Å². The predicted molar refractivity (Wildman–Crippen MR) is 98.2 cm³/mol. The largest absolute Gasteiger partial charge is 0.501 e. The molecule has 2 rings (SSSR count). The minimum atomic E-state index is -5.58. The number of benzene rings is 2. The molecule has 0 saturated carbocycles. The highest BCUT2D eigenvalue weighted by atomic mass is 32.2. The number of methoxy groups -OCH3 is 1. The Balaban J connectivity index is 2.27. The molecule has 0 aromatic heterocycles. The van der Waals surface area contributed by atoms with Gasteiger partial charge in [-0.25, -0.2) is 8.42 Å². The summed E-state index contributed by atoms with van der Waals surface area (Å²) in [5.74, 6) is -0.912. The summed E-state index contributed by atoms with van der Waals surface area (Å²) in [5, 5.41) is 4.94. The lowest BCUT2D eigenvalue weighted by Crippen LogP contribution is -2.23. The molecule has 0 bridgehead atoms. The molecule has 2 aromatic carbocycles. The molecule has 0 atom stereocenters. The number of sulfone groups is 1. The lowest BCUT2D eigenvalue weighted by Gasteiger charge is -2.14. The first-order valence-electron chi connectivity index (χ1n) is 8.10. The molecule has 2 amide bonds. The van der Waals surface area contributed by atoms with E-state index in [0.29, 0.717) is 6.07 Å². The van der Waals surface area contributed by atoms with Crippen LogP contribution in [-0.4, -0.2) is 32.9 Å². The molecule has 2 aromatic rings. The fourth-order valence-corrected chi connectivity index (χ4v) is 3.07. The number of amides is 2. The summed E-state index contributed by atoms with van der Waals surface area (Å²) in [6, 6.07) is 8.54. The van der Waals surface area contributed by atoms with E-state index in [0.717, 1.165) is 17.7 Å². The number of hydrogen-bond donors (Lipinski definition) is 2. The third kappa shape index (κ3) is 5.25.